The zero-order valence-electron chi connectivity index (χ0n) is 14.6. The molecule has 0 aliphatic carbocycles. The molecule has 0 aromatic heterocycles. The third-order valence-corrected chi connectivity index (χ3v) is 4.88. The SMILES string of the molecule is O=C(NC1CCOCC1)NC(C(=O)N1CCCCC1)c1ccccc1. The Bertz CT molecular complexity index is 567. The lowest BCUT2D eigenvalue weighted by atomic mass is 10.0. The molecule has 2 N–H and O–H groups in total. The van der Waals surface area contributed by atoms with Gasteiger partial charge in [0.05, 0.1) is 0 Å². The van der Waals surface area contributed by atoms with E-state index in [2.05, 4.69) is 10.6 Å². The summed E-state index contributed by atoms with van der Waals surface area (Å²) in [5, 5.41) is 5.87. The summed E-state index contributed by atoms with van der Waals surface area (Å²) in [7, 11) is 0. The highest BCUT2D eigenvalue weighted by atomic mass is 16.5. The highest BCUT2D eigenvalue weighted by Gasteiger charge is 2.29. The minimum atomic E-state index is -0.640. The Morgan fingerprint density at radius 2 is 1.72 bits per heavy atom. The molecule has 1 aromatic carbocycles. The maximum Gasteiger partial charge on any atom is 0.315 e. The molecule has 6 nitrogen and oxygen atoms in total. The van der Waals surface area contributed by atoms with Crippen LogP contribution in [0.4, 0.5) is 4.79 Å². The molecule has 1 unspecified atom stereocenters. The summed E-state index contributed by atoms with van der Waals surface area (Å²) >= 11 is 0. The Balaban J connectivity index is 1.67. The van der Waals surface area contributed by atoms with Crippen molar-refractivity contribution in [2.24, 2.45) is 0 Å². The maximum absolute atomic E-state index is 13.0. The number of piperidine rings is 1. The summed E-state index contributed by atoms with van der Waals surface area (Å²) in [5.74, 6) is -0.0203. The fraction of sp³-hybridized carbons (Fsp3) is 0.579. The van der Waals surface area contributed by atoms with Gasteiger partial charge in [-0.3, -0.25) is 4.79 Å². The molecule has 2 aliphatic heterocycles. The number of benzene rings is 1. The Morgan fingerprint density at radius 3 is 2.40 bits per heavy atom. The first-order valence-electron chi connectivity index (χ1n) is 9.22. The van der Waals surface area contributed by atoms with Crippen LogP contribution in [-0.4, -0.2) is 49.2 Å². The second-order valence-corrected chi connectivity index (χ2v) is 6.73. The second kappa shape index (κ2) is 8.85. The molecule has 0 spiro atoms. The highest BCUT2D eigenvalue weighted by molar-refractivity contribution is 5.88. The predicted molar refractivity (Wildman–Crippen MR) is 95.1 cm³/mol. The van der Waals surface area contributed by atoms with Crippen LogP contribution in [0.3, 0.4) is 0 Å². The van der Waals surface area contributed by atoms with Crippen LogP contribution in [0.15, 0.2) is 30.3 Å². The van der Waals surface area contributed by atoms with E-state index >= 15 is 0 Å². The molecule has 2 aliphatic rings. The summed E-state index contributed by atoms with van der Waals surface area (Å²) in [6.07, 6.45) is 4.84. The summed E-state index contributed by atoms with van der Waals surface area (Å²) in [6.45, 7) is 2.87. The number of likely N-dealkylation sites (tertiary alicyclic amines) is 1. The zero-order chi connectivity index (χ0) is 17.5. The smallest absolute Gasteiger partial charge is 0.315 e. The molecule has 3 amide bonds. The lowest BCUT2D eigenvalue weighted by Gasteiger charge is -2.31. The van der Waals surface area contributed by atoms with Gasteiger partial charge in [-0.05, 0) is 37.7 Å². The molecule has 1 aromatic rings. The molecular weight excluding hydrogens is 318 g/mol. The van der Waals surface area contributed by atoms with Crippen LogP contribution in [0.25, 0.3) is 0 Å². The van der Waals surface area contributed by atoms with E-state index in [9.17, 15) is 9.59 Å². The molecule has 2 fully saturated rings. The first kappa shape index (κ1) is 17.7. The van der Waals surface area contributed by atoms with Crippen molar-refractivity contribution < 1.29 is 14.3 Å². The number of nitrogens with one attached hydrogen (secondary N) is 2. The number of ether oxygens (including phenoxy) is 1. The molecule has 0 radical (unpaired) electrons. The van der Waals surface area contributed by atoms with Crippen molar-refractivity contribution in [1.82, 2.24) is 15.5 Å². The zero-order valence-corrected chi connectivity index (χ0v) is 14.6. The molecule has 2 saturated heterocycles. The van der Waals surface area contributed by atoms with Gasteiger partial charge in [0.2, 0.25) is 5.91 Å². The third kappa shape index (κ3) is 4.95. The van der Waals surface area contributed by atoms with E-state index in [-0.39, 0.29) is 18.0 Å². The van der Waals surface area contributed by atoms with Crippen molar-refractivity contribution in [1.29, 1.82) is 0 Å². The van der Waals surface area contributed by atoms with Gasteiger partial charge in [0.1, 0.15) is 6.04 Å². The minimum absolute atomic E-state index is 0.0203. The van der Waals surface area contributed by atoms with Crippen molar-refractivity contribution in [3.63, 3.8) is 0 Å². The van der Waals surface area contributed by atoms with E-state index in [4.69, 9.17) is 4.74 Å². The standard InChI is InChI=1S/C19H27N3O3/c23-18(22-11-5-2-6-12-22)17(15-7-3-1-4-8-15)21-19(24)20-16-9-13-25-14-10-16/h1,3-4,7-8,16-17H,2,5-6,9-14H2,(H2,20,21,24). The number of hydrogen-bond acceptors (Lipinski definition) is 3. The van der Waals surface area contributed by atoms with Crippen molar-refractivity contribution in [2.45, 2.75) is 44.2 Å². The average Bonchev–Trinajstić information content (AvgIpc) is 2.68. The lowest BCUT2D eigenvalue weighted by molar-refractivity contribution is -0.134. The van der Waals surface area contributed by atoms with E-state index in [0.717, 1.165) is 50.8 Å². The van der Waals surface area contributed by atoms with Gasteiger partial charge in [0.25, 0.3) is 0 Å². The van der Waals surface area contributed by atoms with Crippen LogP contribution in [0, 0.1) is 0 Å². The third-order valence-electron chi connectivity index (χ3n) is 4.88. The van der Waals surface area contributed by atoms with Crippen molar-refractivity contribution in [2.75, 3.05) is 26.3 Å². The van der Waals surface area contributed by atoms with Gasteiger partial charge >= 0.3 is 6.03 Å². The van der Waals surface area contributed by atoms with Crippen molar-refractivity contribution >= 4 is 11.9 Å². The van der Waals surface area contributed by atoms with E-state index in [1.807, 2.05) is 35.2 Å². The van der Waals surface area contributed by atoms with Crippen LogP contribution < -0.4 is 10.6 Å². The number of nitrogens with zero attached hydrogens (tertiary/aromatic N) is 1. The second-order valence-electron chi connectivity index (χ2n) is 6.73. The summed E-state index contributed by atoms with van der Waals surface area (Å²) in [6, 6.07) is 8.66. The van der Waals surface area contributed by atoms with Crippen LogP contribution in [0.5, 0.6) is 0 Å². The Hall–Kier alpha value is -2.08. The molecular formula is C19H27N3O3. The largest absolute Gasteiger partial charge is 0.381 e. The summed E-state index contributed by atoms with van der Waals surface area (Å²) in [4.78, 5) is 27.3. The number of carbonyl (C=O) groups excluding carboxylic acids is 2. The molecule has 6 heteroatoms. The van der Waals surface area contributed by atoms with Crippen molar-refractivity contribution in [3.05, 3.63) is 35.9 Å². The van der Waals surface area contributed by atoms with Crippen LogP contribution in [0.1, 0.15) is 43.7 Å². The van der Waals surface area contributed by atoms with Gasteiger partial charge in [0.15, 0.2) is 0 Å². The average molecular weight is 345 g/mol. The lowest BCUT2D eigenvalue weighted by Crippen LogP contribution is -2.50. The van der Waals surface area contributed by atoms with E-state index in [0.29, 0.717) is 13.2 Å². The monoisotopic (exact) mass is 345 g/mol. The molecule has 1 atom stereocenters. The Kier molecular flexibility index (Phi) is 6.28. The summed E-state index contributed by atoms with van der Waals surface area (Å²) in [5.41, 5.74) is 0.820. The molecule has 136 valence electrons. The van der Waals surface area contributed by atoms with Gasteiger partial charge in [-0.1, -0.05) is 30.3 Å². The summed E-state index contributed by atoms with van der Waals surface area (Å²) < 4.78 is 5.32. The number of hydrogen-bond donors (Lipinski definition) is 2. The van der Waals surface area contributed by atoms with Crippen LogP contribution in [0.2, 0.25) is 0 Å². The van der Waals surface area contributed by atoms with Crippen molar-refractivity contribution in [3.8, 4) is 0 Å². The molecule has 2 heterocycles. The van der Waals surface area contributed by atoms with Crippen LogP contribution >= 0.6 is 0 Å². The van der Waals surface area contributed by atoms with Crippen LogP contribution in [-0.2, 0) is 9.53 Å². The fourth-order valence-corrected chi connectivity index (χ4v) is 3.43. The number of rotatable bonds is 4. The first-order chi connectivity index (χ1) is 12.2. The quantitative estimate of drug-likeness (QED) is 0.879. The topological polar surface area (TPSA) is 70.7 Å². The number of amides is 3. The number of urea groups is 1. The van der Waals surface area contributed by atoms with Gasteiger partial charge < -0.3 is 20.3 Å². The molecule has 25 heavy (non-hydrogen) atoms. The van der Waals surface area contributed by atoms with E-state index < -0.39 is 6.04 Å². The maximum atomic E-state index is 13.0. The predicted octanol–water partition coefficient (Wildman–Crippen LogP) is 2.22. The highest BCUT2D eigenvalue weighted by Crippen LogP contribution is 2.19. The Labute approximate surface area is 148 Å². The first-order valence-corrected chi connectivity index (χ1v) is 9.22. The minimum Gasteiger partial charge on any atom is -0.381 e. The van der Waals surface area contributed by atoms with Gasteiger partial charge in [0, 0.05) is 32.3 Å². The normalized spacial score (nSPS) is 19.9. The van der Waals surface area contributed by atoms with E-state index in [1.54, 1.807) is 0 Å². The molecule has 3 rings (SSSR count). The molecule has 0 saturated carbocycles. The Morgan fingerprint density at radius 1 is 1.04 bits per heavy atom. The fourth-order valence-electron chi connectivity index (χ4n) is 3.43. The van der Waals surface area contributed by atoms with Gasteiger partial charge in [-0.15, -0.1) is 0 Å². The molecule has 0 bridgehead atoms. The van der Waals surface area contributed by atoms with Gasteiger partial charge in [-0.25, -0.2) is 4.79 Å². The van der Waals surface area contributed by atoms with Gasteiger partial charge in [-0.2, -0.15) is 0 Å². The van der Waals surface area contributed by atoms with E-state index in [1.165, 1.54) is 0 Å². The number of carbonyl (C=O) groups is 2.